The molecule has 0 aromatic rings. The normalized spacial score (nSPS) is 23.2. The predicted molar refractivity (Wildman–Crippen MR) is 69.4 cm³/mol. The topological polar surface area (TPSA) is 69.6 Å². The number of hydrogen-bond acceptors (Lipinski definition) is 2. The molecule has 1 fully saturated rings. The minimum absolute atomic E-state index is 0.0978. The van der Waals surface area contributed by atoms with Crippen LogP contribution >= 0.6 is 0 Å². The number of hydrogen-bond donors (Lipinski definition) is 2. The Hall–Kier alpha value is -1.52. The third-order valence-corrected chi connectivity index (χ3v) is 3.26. The van der Waals surface area contributed by atoms with Gasteiger partial charge in [-0.15, -0.1) is 0 Å². The molecule has 0 heterocycles. The maximum absolute atomic E-state index is 11.8. The summed E-state index contributed by atoms with van der Waals surface area (Å²) >= 11 is 0. The second-order valence-electron chi connectivity index (χ2n) is 5.15. The molecule has 0 spiro atoms. The van der Waals surface area contributed by atoms with Crippen molar-refractivity contribution in [1.29, 1.82) is 0 Å². The number of urea groups is 1. The van der Waals surface area contributed by atoms with Crippen molar-refractivity contribution in [3.05, 3.63) is 12.2 Å². The highest BCUT2D eigenvalue weighted by Crippen LogP contribution is 2.24. The van der Waals surface area contributed by atoms with Gasteiger partial charge in [-0.1, -0.05) is 12.2 Å². The SMILES string of the molecule is C=C(C)CN(C)C(=O)NC1CCC(C(=O)O)CC1. The van der Waals surface area contributed by atoms with E-state index < -0.39 is 5.97 Å². The third kappa shape index (κ3) is 4.39. The molecule has 0 aromatic heterocycles. The number of carbonyl (C=O) groups excluding carboxylic acids is 1. The van der Waals surface area contributed by atoms with Gasteiger partial charge in [0.1, 0.15) is 0 Å². The van der Waals surface area contributed by atoms with Gasteiger partial charge < -0.3 is 15.3 Å². The van der Waals surface area contributed by atoms with Gasteiger partial charge in [0.05, 0.1) is 5.92 Å². The molecule has 0 aromatic carbocycles. The molecule has 18 heavy (non-hydrogen) atoms. The van der Waals surface area contributed by atoms with E-state index in [4.69, 9.17) is 5.11 Å². The number of likely N-dealkylation sites (N-methyl/N-ethyl adjacent to an activating group) is 1. The fraction of sp³-hybridized carbons (Fsp3) is 0.692. The molecule has 2 amide bonds. The molecule has 2 N–H and O–H groups in total. The van der Waals surface area contributed by atoms with Crippen LogP contribution in [0.2, 0.25) is 0 Å². The van der Waals surface area contributed by atoms with Gasteiger partial charge >= 0.3 is 12.0 Å². The molecule has 1 saturated carbocycles. The van der Waals surface area contributed by atoms with E-state index >= 15 is 0 Å². The Morgan fingerprint density at radius 1 is 1.33 bits per heavy atom. The molecule has 5 heteroatoms. The number of carboxylic acid groups (broad SMARTS) is 1. The number of aliphatic carboxylic acids is 1. The van der Waals surface area contributed by atoms with Crippen LogP contribution in [0.1, 0.15) is 32.6 Å². The first kappa shape index (κ1) is 14.5. The predicted octanol–water partition coefficient (Wildman–Crippen LogP) is 1.85. The van der Waals surface area contributed by atoms with Crippen molar-refractivity contribution >= 4 is 12.0 Å². The molecule has 0 bridgehead atoms. The average molecular weight is 254 g/mol. The first-order valence-corrected chi connectivity index (χ1v) is 6.29. The van der Waals surface area contributed by atoms with Crippen molar-refractivity contribution in [2.75, 3.05) is 13.6 Å². The number of nitrogens with zero attached hydrogens (tertiary/aromatic N) is 1. The lowest BCUT2D eigenvalue weighted by atomic mass is 9.86. The van der Waals surface area contributed by atoms with E-state index in [0.717, 1.165) is 18.4 Å². The summed E-state index contributed by atoms with van der Waals surface area (Å²) in [5.41, 5.74) is 0.933. The lowest BCUT2D eigenvalue weighted by Gasteiger charge is -2.28. The summed E-state index contributed by atoms with van der Waals surface area (Å²) < 4.78 is 0. The molecule has 0 unspecified atom stereocenters. The van der Waals surface area contributed by atoms with Crippen LogP contribution in [-0.4, -0.2) is 41.6 Å². The standard InChI is InChI=1S/C13H22N2O3/c1-9(2)8-15(3)13(18)14-11-6-4-10(5-7-11)12(16)17/h10-11H,1,4-8H2,2-3H3,(H,14,18)(H,16,17). The van der Waals surface area contributed by atoms with E-state index in [-0.39, 0.29) is 18.0 Å². The summed E-state index contributed by atoms with van der Waals surface area (Å²) in [6, 6.07) is -0.0163. The molecule has 0 saturated heterocycles. The van der Waals surface area contributed by atoms with Gasteiger partial charge in [-0.2, -0.15) is 0 Å². The van der Waals surface area contributed by atoms with Crippen molar-refractivity contribution in [2.45, 2.75) is 38.6 Å². The maximum Gasteiger partial charge on any atom is 0.317 e. The van der Waals surface area contributed by atoms with E-state index in [1.54, 1.807) is 11.9 Å². The highest BCUT2D eigenvalue weighted by atomic mass is 16.4. The van der Waals surface area contributed by atoms with Gasteiger partial charge in [-0.05, 0) is 32.6 Å². The van der Waals surface area contributed by atoms with Crippen LogP contribution in [0.15, 0.2) is 12.2 Å². The first-order chi connectivity index (χ1) is 8.40. The summed E-state index contributed by atoms with van der Waals surface area (Å²) in [6.07, 6.45) is 2.77. The lowest BCUT2D eigenvalue weighted by molar-refractivity contribution is -0.142. The Bertz CT molecular complexity index is 333. The Morgan fingerprint density at radius 3 is 2.33 bits per heavy atom. The fourth-order valence-electron chi connectivity index (χ4n) is 2.25. The molecule has 0 aliphatic heterocycles. The minimum Gasteiger partial charge on any atom is -0.481 e. The van der Waals surface area contributed by atoms with Crippen LogP contribution in [0.3, 0.4) is 0 Å². The molecule has 1 aliphatic carbocycles. The van der Waals surface area contributed by atoms with Gasteiger partial charge in [-0.3, -0.25) is 4.79 Å². The van der Waals surface area contributed by atoms with Crippen molar-refractivity contribution in [3.63, 3.8) is 0 Å². The minimum atomic E-state index is -0.723. The zero-order valence-corrected chi connectivity index (χ0v) is 11.1. The van der Waals surface area contributed by atoms with Crippen LogP contribution in [0.25, 0.3) is 0 Å². The van der Waals surface area contributed by atoms with Gasteiger partial charge in [0.2, 0.25) is 0 Å². The Morgan fingerprint density at radius 2 is 1.89 bits per heavy atom. The molecule has 0 radical (unpaired) electrons. The Balaban J connectivity index is 2.34. The van der Waals surface area contributed by atoms with Gasteiger partial charge in [0.15, 0.2) is 0 Å². The van der Waals surface area contributed by atoms with Crippen molar-refractivity contribution in [2.24, 2.45) is 5.92 Å². The smallest absolute Gasteiger partial charge is 0.317 e. The van der Waals surface area contributed by atoms with E-state index in [1.807, 2.05) is 6.92 Å². The van der Waals surface area contributed by atoms with Crippen molar-refractivity contribution in [3.8, 4) is 0 Å². The zero-order chi connectivity index (χ0) is 13.7. The van der Waals surface area contributed by atoms with Crippen LogP contribution in [0, 0.1) is 5.92 Å². The number of rotatable bonds is 4. The molecular formula is C13H22N2O3. The van der Waals surface area contributed by atoms with E-state index in [0.29, 0.717) is 19.4 Å². The van der Waals surface area contributed by atoms with Crippen LogP contribution in [-0.2, 0) is 4.79 Å². The lowest BCUT2D eigenvalue weighted by Crippen LogP contribution is -2.45. The highest BCUT2D eigenvalue weighted by Gasteiger charge is 2.27. The molecule has 1 aliphatic rings. The molecule has 5 nitrogen and oxygen atoms in total. The number of carboxylic acids is 1. The monoisotopic (exact) mass is 254 g/mol. The van der Waals surface area contributed by atoms with Crippen LogP contribution in [0.4, 0.5) is 4.79 Å². The van der Waals surface area contributed by atoms with E-state index in [1.165, 1.54) is 0 Å². The van der Waals surface area contributed by atoms with Crippen LogP contribution in [0.5, 0.6) is 0 Å². The summed E-state index contributed by atoms with van der Waals surface area (Å²) in [5.74, 6) is -0.967. The van der Waals surface area contributed by atoms with Crippen LogP contribution < -0.4 is 5.32 Å². The maximum atomic E-state index is 11.8. The Kier molecular flexibility index (Phi) is 5.19. The Labute approximate surface area is 108 Å². The quantitative estimate of drug-likeness (QED) is 0.752. The van der Waals surface area contributed by atoms with E-state index in [9.17, 15) is 9.59 Å². The van der Waals surface area contributed by atoms with Gasteiger partial charge in [0.25, 0.3) is 0 Å². The number of amides is 2. The molecule has 1 rings (SSSR count). The molecule has 102 valence electrons. The van der Waals surface area contributed by atoms with Crippen molar-refractivity contribution in [1.82, 2.24) is 10.2 Å². The first-order valence-electron chi connectivity index (χ1n) is 6.29. The second kappa shape index (κ2) is 6.42. The zero-order valence-electron chi connectivity index (χ0n) is 11.1. The van der Waals surface area contributed by atoms with E-state index in [2.05, 4.69) is 11.9 Å². The van der Waals surface area contributed by atoms with Gasteiger partial charge in [-0.25, -0.2) is 4.79 Å². The summed E-state index contributed by atoms with van der Waals surface area (Å²) in [4.78, 5) is 24.2. The molecule has 0 atom stereocenters. The summed E-state index contributed by atoms with van der Waals surface area (Å²) in [5, 5.41) is 11.8. The van der Waals surface area contributed by atoms with Crippen molar-refractivity contribution < 1.29 is 14.7 Å². The van der Waals surface area contributed by atoms with Gasteiger partial charge in [0, 0.05) is 19.6 Å². The highest BCUT2D eigenvalue weighted by molar-refractivity contribution is 5.74. The third-order valence-electron chi connectivity index (χ3n) is 3.26. The number of nitrogens with one attached hydrogen (secondary N) is 1. The summed E-state index contributed by atoms with van der Waals surface area (Å²) in [6.45, 7) is 6.18. The fourth-order valence-corrected chi connectivity index (χ4v) is 2.25. The number of carbonyl (C=O) groups is 2. The largest absolute Gasteiger partial charge is 0.481 e. The summed E-state index contributed by atoms with van der Waals surface area (Å²) in [7, 11) is 1.73. The average Bonchev–Trinajstić information content (AvgIpc) is 2.28. The molecular weight excluding hydrogens is 232 g/mol. The second-order valence-corrected chi connectivity index (χ2v) is 5.15.